The number of ether oxygens (including phenoxy) is 1. The van der Waals surface area contributed by atoms with Crippen molar-refractivity contribution >= 4 is 55.9 Å². The molecule has 58 heavy (non-hydrogen) atoms. The van der Waals surface area contributed by atoms with Crippen molar-refractivity contribution in [2.75, 3.05) is 9.80 Å². The summed E-state index contributed by atoms with van der Waals surface area (Å²) in [4.78, 5) is 16.9. The van der Waals surface area contributed by atoms with E-state index in [2.05, 4.69) is 148 Å². The van der Waals surface area contributed by atoms with Gasteiger partial charge in [-0.15, -0.1) is 48.1 Å². The van der Waals surface area contributed by atoms with Crippen molar-refractivity contribution in [3.8, 4) is 17.3 Å². The van der Waals surface area contributed by atoms with Gasteiger partial charge in [0.1, 0.15) is 5.82 Å². The summed E-state index contributed by atoms with van der Waals surface area (Å²) in [5.41, 5.74) is 9.22. The zero-order chi connectivity index (χ0) is 40.4. The predicted octanol–water partition coefficient (Wildman–Crippen LogP) is 14.0. The number of nitrogens with zero attached hydrogens (tertiary/aromatic N) is 6. The van der Waals surface area contributed by atoms with E-state index in [1.165, 1.54) is 5.56 Å². The van der Waals surface area contributed by atoms with Gasteiger partial charge < -0.3 is 19.1 Å². The fourth-order valence-electron chi connectivity index (χ4n) is 7.59. The van der Waals surface area contributed by atoms with E-state index in [0.717, 1.165) is 55.8 Å². The summed E-state index contributed by atoms with van der Waals surface area (Å²) < 4.78 is 8.70. The molecule has 0 amide bonds. The summed E-state index contributed by atoms with van der Waals surface area (Å²) in [7, 11) is 0. The quantitative estimate of drug-likeness (QED) is 0.161. The van der Waals surface area contributed by atoms with Crippen molar-refractivity contribution in [2.24, 2.45) is 0 Å². The first-order valence-electron chi connectivity index (χ1n) is 19.2. The van der Waals surface area contributed by atoms with Gasteiger partial charge in [-0.2, -0.15) is 6.07 Å². The molecule has 3 heterocycles. The zero-order valence-corrected chi connectivity index (χ0v) is 36.6. The monoisotopic (exact) mass is 940 g/mol. The molecule has 8 heteroatoms. The molecule has 0 spiro atoms. The average Bonchev–Trinajstić information content (AvgIpc) is 3.72. The third kappa shape index (κ3) is 7.25. The zero-order valence-electron chi connectivity index (χ0n) is 34.3. The molecule has 7 aromatic rings. The van der Waals surface area contributed by atoms with Gasteiger partial charge in [0.15, 0.2) is 5.69 Å². The number of fused-ring (bicyclic) bond motifs is 4. The Balaban J connectivity index is 0.00000512. The second-order valence-electron chi connectivity index (χ2n) is 17.7. The van der Waals surface area contributed by atoms with Crippen molar-refractivity contribution in [2.45, 2.75) is 78.6 Å². The Hall–Kier alpha value is -5.88. The Morgan fingerprint density at radius 3 is 1.95 bits per heavy atom. The molecule has 0 radical (unpaired) electrons. The number of para-hydroxylation sites is 3. The summed E-state index contributed by atoms with van der Waals surface area (Å²) >= 11 is 0. The summed E-state index contributed by atoms with van der Waals surface area (Å²) in [6.45, 7) is 37.8. The molecule has 5 aromatic carbocycles. The number of pyridine rings is 1. The number of benzene rings is 5. The number of hydrogen-bond donors (Lipinski definition) is 0. The summed E-state index contributed by atoms with van der Waals surface area (Å²) in [5.74, 6) is 1.71. The van der Waals surface area contributed by atoms with Crippen LogP contribution in [0.15, 0.2) is 103 Å². The SMILES string of the molecule is [C-]#[N+]c1cc(Oc2[c-]c3c(cc2)c2ccccc2n3-c2cc(C(C)(C)C)ccn2)[c-]c(N2[CH-]N(c3cc(C(C)(C)C)c([N+]#[C-])c(C(C)(C)C)c3)c3ccccc32)c1.[Pt]. The van der Waals surface area contributed by atoms with Gasteiger partial charge in [0.05, 0.1) is 18.8 Å². The van der Waals surface area contributed by atoms with E-state index in [4.69, 9.17) is 22.9 Å². The van der Waals surface area contributed by atoms with Crippen LogP contribution >= 0.6 is 0 Å². The molecule has 1 aliphatic rings. The molecule has 0 saturated carbocycles. The second kappa shape index (κ2) is 14.8. The van der Waals surface area contributed by atoms with Gasteiger partial charge in [-0.05, 0) is 80.8 Å². The number of hydrogen-bond acceptors (Lipinski definition) is 4. The molecule has 8 rings (SSSR count). The molecule has 0 aliphatic carbocycles. The van der Waals surface area contributed by atoms with Crippen LogP contribution in [0.5, 0.6) is 11.5 Å². The second-order valence-corrected chi connectivity index (χ2v) is 17.7. The van der Waals surface area contributed by atoms with Gasteiger partial charge >= 0.3 is 0 Å². The Kier molecular flexibility index (Phi) is 10.3. The minimum absolute atomic E-state index is 0. The topological polar surface area (TPSA) is 42.2 Å². The van der Waals surface area contributed by atoms with Gasteiger partial charge in [-0.1, -0.05) is 98.2 Å². The van der Waals surface area contributed by atoms with Gasteiger partial charge in [0.2, 0.25) is 0 Å². The normalized spacial score (nSPS) is 12.9. The number of rotatable bonds is 5. The standard InChI is InChI=1S/C50H45N6O.Pt/c1-48(2,3)32-22-23-53-46(24-32)56-42-17-13-12-16-38(42)39-21-20-36(30-45(39)56)57-37-26-33(51-10)25-34(27-37)54-31-55(44-19-15-14-18-43(44)54)35-28-40(49(4,5)6)47(52-11)41(29-35)50(7,8)9;/h12-26,28-29,31H,1-9H3;/q-3;. The fourth-order valence-corrected chi connectivity index (χ4v) is 7.59. The molecule has 1 aliphatic heterocycles. The van der Waals surface area contributed by atoms with Crippen molar-refractivity contribution in [1.82, 2.24) is 9.55 Å². The van der Waals surface area contributed by atoms with Crippen molar-refractivity contribution in [3.05, 3.63) is 162 Å². The molecule has 0 bridgehead atoms. The smallest absolute Gasteiger partial charge is 0.194 e. The largest absolute Gasteiger partial charge is 0.510 e. The Bertz CT molecular complexity index is 2770. The first kappa shape index (κ1) is 40.3. The van der Waals surface area contributed by atoms with Gasteiger partial charge in [-0.25, -0.2) is 9.83 Å². The van der Waals surface area contributed by atoms with Crippen LogP contribution in [0, 0.1) is 31.9 Å². The summed E-state index contributed by atoms with van der Waals surface area (Å²) in [5, 5.41) is 2.14. The predicted molar refractivity (Wildman–Crippen MR) is 233 cm³/mol. The minimum Gasteiger partial charge on any atom is -0.510 e. The van der Waals surface area contributed by atoms with Crippen molar-refractivity contribution in [3.63, 3.8) is 0 Å². The molecule has 0 saturated heterocycles. The van der Waals surface area contributed by atoms with Crippen LogP contribution in [0.4, 0.5) is 34.1 Å². The molecule has 0 N–H and O–H groups in total. The van der Waals surface area contributed by atoms with E-state index in [0.29, 0.717) is 28.6 Å². The Labute approximate surface area is 356 Å². The molecular weight excluding hydrogens is 896 g/mol. The maximum atomic E-state index is 8.16. The van der Waals surface area contributed by atoms with Crippen LogP contribution in [0.1, 0.15) is 79.0 Å². The molecule has 7 nitrogen and oxygen atoms in total. The minimum atomic E-state index is -0.250. The van der Waals surface area contributed by atoms with Crippen molar-refractivity contribution in [1.29, 1.82) is 0 Å². The summed E-state index contributed by atoms with van der Waals surface area (Å²) in [6.07, 6.45) is 1.87. The maximum absolute atomic E-state index is 8.16. The van der Waals surface area contributed by atoms with Crippen LogP contribution in [-0.2, 0) is 37.3 Å². The molecule has 0 atom stereocenters. The van der Waals surface area contributed by atoms with E-state index in [9.17, 15) is 0 Å². The van der Waals surface area contributed by atoms with Gasteiger partial charge in [-0.3, -0.25) is 4.85 Å². The van der Waals surface area contributed by atoms with Crippen LogP contribution in [0.3, 0.4) is 0 Å². The molecule has 0 unspecified atom stereocenters. The fraction of sp³-hybridized carbons (Fsp3) is 0.240. The van der Waals surface area contributed by atoms with E-state index in [1.54, 1.807) is 6.07 Å². The number of anilines is 4. The molecule has 0 fully saturated rings. The maximum Gasteiger partial charge on any atom is 0.194 e. The van der Waals surface area contributed by atoms with Crippen LogP contribution < -0.4 is 14.5 Å². The first-order chi connectivity index (χ1) is 27.0. The third-order valence-corrected chi connectivity index (χ3v) is 10.6. The van der Waals surface area contributed by atoms with Crippen LogP contribution in [0.25, 0.3) is 37.3 Å². The molecule has 294 valence electrons. The Morgan fingerprint density at radius 1 is 0.655 bits per heavy atom. The van der Waals surface area contributed by atoms with Crippen LogP contribution in [-0.4, -0.2) is 9.55 Å². The summed E-state index contributed by atoms with van der Waals surface area (Å²) in [6, 6.07) is 39.6. The van der Waals surface area contributed by atoms with E-state index >= 15 is 0 Å². The van der Waals surface area contributed by atoms with E-state index in [1.807, 2.05) is 54.2 Å². The first-order valence-corrected chi connectivity index (χ1v) is 19.2. The van der Waals surface area contributed by atoms with Gasteiger partial charge in [0, 0.05) is 61.3 Å². The molecule has 2 aromatic heterocycles. The van der Waals surface area contributed by atoms with E-state index < -0.39 is 0 Å². The third-order valence-electron chi connectivity index (χ3n) is 10.6. The average molecular weight is 941 g/mol. The molecular formula is C50H45N6OPt-3. The number of aromatic nitrogens is 2. The van der Waals surface area contributed by atoms with Crippen molar-refractivity contribution < 1.29 is 25.8 Å². The van der Waals surface area contributed by atoms with E-state index in [-0.39, 0.29) is 37.3 Å². The Morgan fingerprint density at radius 2 is 1.31 bits per heavy atom. The van der Waals surface area contributed by atoms with Gasteiger partial charge in [0.25, 0.3) is 0 Å². The van der Waals surface area contributed by atoms with Crippen LogP contribution in [0.2, 0.25) is 0 Å².